The third-order valence-electron chi connectivity index (χ3n) is 32.3. The summed E-state index contributed by atoms with van der Waals surface area (Å²) in [5, 5.41) is 0. The molecule has 0 spiro atoms. The van der Waals surface area contributed by atoms with Gasteiger partial charge in [-0.05, 0) is 283 Å². The lowest BCUT2D eigenvalue weighted by molar-refractivity contribution is -0.138. The van der Waals surface area contributed by atoms with E-state index in [1.54, 1.807) is 62.8 Å². The van der Waals surface area contributed by atoms with Gasteiger partial charge in [0.1, 0.15) is 52.7 Å². The number of methoxy groups -OCH3 is 2. The number of amides is 7. The van der Waals surface area contributed by atoms with E-state index in [2.05, 4.69) is 21.6 Å². The van der Waals surface area contributed by atoms with Crippen LogP contribution in [0.15, 0.2) is 140 Å². The number of nitrogens with zero attached hydrogens (tertiary/aromatic N) is 5. The lowest BCUT2D eigenvalue weighted by atomic mass is 9.54. The summed E-state index contributed by atoms with van der Waals surface area (Å²) in [5.41, 5.74) is 2.70. The summed E-state index contributed by atoms with van der Waals surface area (Å²) in [4.78, 5) is 100. The minimum absolute atomic E-state index is 0.0209. The quantitative estimate of drug-likeness (QED) is 0.0377. The summed E-state index contributed by atoms with van der Waals surface area (Å²) in [6.07, 6.45) is 53.0. The predicted molar refractivity (Wildman–Crippen MR) is 538 cm³/mol. The van der Waals surface area contributed by atoms with Crippen LogP contribution in [0.25, 0.3) is 0 Å². The van der Waals surface area contributed by atoms with Crippen molar-refractivity contribution in [1.29, 1.82) is 0 Å². The standard InChI is InChI=1S/C26H27NO6.C24H39NO4.C23H37NO2.C22H33NO2.C20H35NO2/c1-30-23-12-8-21(9-13-23)18-32-25(28)27(17-16-20-6-4-3-5-7-20)26(29)33-19-22-10-14-24(31-2)15-11-22;1-7-23(8-2,9-3)28-21(26)25(19-18-20-16-14-13-15-17-20)22(27)29-24(10-4,11-5)12-6;25-22(26-23-14-17-11-18(15-23)13-19(12-17)16-23)24(20-7-3-1-4-8-20)21-9-5-2-6-10-21;1-22(2,18-12-6-3-7-13-18)25-21(24)23(19-14-8-4-9-15-19)20-16-10-5-11-17-20;1-2-20(15-9-10-16-20)23-19(22)21(17-11-5-3-6-12-17)18-13-7-4-8-14-18/h3-15H,16-19H2,1-2H3;13-17H,7-12,18-19H2,1-6H3;17-21H,1-16H2;3,6-7,12-13,19-20H,4-5,8-11,14-17H2,1-2H3;17-18H,2-16H2,1H3. The van der Waals surface area contributed by atoms with Crippen LogP contribution in [0.4, 0.5) is 33.6 Å². The topological polar surface area (TPSA) is 219 Å². The first-order valence-electron chi connectivity index (χ1n) is 53.7. The predicted octanol–water partition coefficient (Wildman–Crippen LogP) is 29.9. The molecule has 21 heteroatoms. The van der Waals surface area contributed by atoms with Crippen LogP contribution in [-0.2, 0) is 64.8 Å². The number of imide groups is 2. The van der Waals surface area contributed by atoms with E-state index in [1.165, 1.54) is 199 Å². The van der Waals surface area contributed by atoms with Gasteiger partial charge in [-0.15, -0.1) is 0 Å². The van der Waals surface area contributed by atoms with Crippen LogP contribution in [0.3, 0.4) is 0 Å². The first kappa shape index (κ1) is 107. The molecule has 5 aromatic rings. The molecule has 752 valence electrons. The third-order valence-corrected chi connectivity index (χ3v) is 32.3. The first-order chi connectivity index (χ1) is 66.0. The van der Waals surface area contributed by atoms with Gasteiger partial charge < -0.3 is 57.3 Å². The molecule has 11 aliphatic carbocycles. The average Bonchev–Trinajstić information content (AvgIpc) is 0.771. The lowest BCUT2D eigenvalue weighted by Gasteiger charge is -2.56. The molecule has 5 aromatic carbocycles. The maximum Gasteiger partial charge on any atom is 0.419 e. The smallest absolute Gasteiger partial charge is 0.419 e. The van der Waals surface area contributed by atoms with E-state index in [0.29, 0.717) is 99.1 Å². The number of carbonyl (C=O) groups excluding carboxylic acids is 7. The Morgan fingerprint density at radius 3 is 0.919 bits per heavy atom. The van der Waals surface area contributed by atoms with Crippen LogP contribution in [0.5, 0.6) is 11.5 Å². The first-order valence-corrected chi connectivity index (χ1v) is 53.7. The van der Waals surface area contributed by atoms with Crippen molar-refractivity contribution in [3.8, 4) is 11.5 Å². The fourth-order valence-corrected chi connectivity index (χ4v) is 23.9. The monoisotopic (exact) mass is 1880 g/mol. The van der Waals surface area contributed by atoms with Gasteiger partial charge in [-0.3, -0.25) is 0 Å². The summed E-state index contributed by atoms with van der Waals surface area (Å²) in [7, 11) is 3.16. The van der Waals surface area contributed by atoms with Gasteiger partial charge in [0.05, 0.1) is 14.2 Å². The van der Waals surface area contributed by atoms with Gasteiger partial charge in [0.15, 0.2) is 0 Å². The summed E-state index contributed by atoms with van der Waals surface area (Å²) in [5.74, 6) is 3.93. The molecule has 0 aromatic heterocycles. The Labute approximate surface area is 817 Å². The number of ether oxygens (including phenoxy) is 9. The number of benzene rings is 5. The number of hydrogen-bond donors (Lipinski definition) is 0. The van der Waals surface area contributed by atoms with Crippen molar-refractivity contribution in [2.24, 2.45) is 17.8 Å². The zero-order valence-electron chi connectivity index (χ0n) is 85.2. The lowest BCUT2D eigenvalue weighted by Crippen LogP contribution is -2.56. The van der Waals surface area contributed by atoms with Crippen molar-refractivity contribution < 1.29 is 76.2 Å². The van der Waals surface area contributed by atoms with E-state index in [-0.39, 0.29) is 55.8 Å². The summed E-state index contributed by atoms with van der Waals surface area (Å²) < 4.78 is 51.5. The van der Waals surface area contributed by atoms with Crippen molar-refractivity contribution in [3.05, 3.63) is 167 Å². The van der Waals surface area contributed by atoms with E-state index in [4.69, 9.17) is 42.6 Å². The summed E-state index contributed by atoms with van der Waals surface area (Å²) >= 11 is 0. The molecule has 0 unspecified atom stereocenters. The number of hydrogen-bond acceptors (Lipinski definition) is 16. The van der Waals surface area contributed by atoms with Gasteiger partial charge in [0.2, 0.25) is 0 Å². The molecule has 11 fully saturated rings. The molecule has 11 saturated carbocycles. The fraction of sp³-hybridized carbons (Fsp3) is 0.678. The van der Waals surface area contributed by atoms with Crippen LogP contribution in [0, 0.1) is 17.8 Å². The number of carbonyl (C=O) groups is 7. The molecule has 0 aliphatic heterocycles. The Kier molecular flexibility index (Phi) is 43.1. The largest absolute Gasteiger partial charge is 0.497 e. The molecule has 0 heterocycles. The summed E-state index contributed by atoms with van der Waals surface area (Å²) in [6.45, 7) is 18.6. The molecular formula is C115H171N5O16. The summed E-state index contributed by atoms with van der Waals surface area (Å²) in [6, 6.07) is 46.3. The normalized spacial score (nSPS) is 20.9. The van der Waals surface area contributed by atoms with Crippen molar-refractivity contribution in [1.82, 2.24) is 24.5 Å². The SMILES string of the molecule is CC(C)(OC(=O)N(C1CCCCC1)C1CCCCC1)c1ccccc1.CCC(CC)(CC)OC(=O)N(CCc1ccccc1)C(=O)OC(CC)(CC)CC.CCC1(OC(=O)N(C2CCCCC2)C2CCCCC2)CCCC1.COc1ccc(COC(=O)N(CCc2ccccc2)C(=O)OCc2ccc(OC)cc2)cc1.O=C(OC12CC3CC(CC(C3)C1)C2)N(C1CCCCC1)C1CCCCC1. The zero-order chi connectivity index (χ0) is 96.8. The highest BCUT2D eigenvalue weighted by atomic mass is 16.6. The van der Waals surface area contributed by atoms with Crippen molar-refractivity contribution in [2.75, 3.05) is 27.3 Å². The van der Waals surface area contributed by atoms with Gasteiger partial charge in [-0.25, -0.2) is 43.4 Å². The third kappa shape index (κ3) is 31.5. The Hall–Kier alpha value is -9.01. The van der Waals surface area contributed by atoms with Crippen molar-refractivity contribution >= 4 is 42.7 Å². The molecule has 0 saturated heterocycles. The van der Waals surface area contributed by atoms with E-state index >= 15 is 0 Å². The molecule has 16 rings (SSSR count). The maximum atomic E-state index is 13.5. The van der Waals surface area contributed by atoms with Crippen LogP contribution in [-0.4, -0.2) is 153 Å². The van der Waals surface area contributed by atoms with Crippen molar-refractivity contribution in [3.63, 3.8) is 0 Å². The van der Waals surface area contributed by atoms with Crippen LogP contribution in [0.1, 0.15) is 392 Å². The van der Waals surface area contributed by atoms with Gasteiger partial charge in [-0.1, -0.05) is 279 Å². The van der Waals surface area contributed by atoms with Gasteiger partial charge in [0, 0.05) is 49.3 Å². The molecular weight excluding hydrogens is 1710 g/mol. The molecule has 0 atom stereocenters. The van der Waals surface area contributed by atoms with Crippen LogP contribution in [0.2, 0.25) is 0 Å². The molecule has 21 nitrogen and oxygen atoms in total. The van der Waals surface area contributed by atoms with E-state index in [9.17, 15) is 33.6 Å². The molecule has 7 amide bonds. The van der Waals surface area contributed by atoms with Crippen LogP contribution < -0.4 is 9.47 Å². The minimum Gasteiger partial charge on any atom is -0.497 e. The second-order valence-corrected chi connectivity index (χ2v) is 41.6. The van der Waals surface area contributed by atoms with E-state index in [1.807, 2.05) is 146 Å². The second-order valence-electron chi connectivity index (χ2n) is 41.6. The molecule has 136 heavy (non-hydrogen) atoms. The molecule has 0 N–H and O–H groups in total. The number of rotatable bonds is 31. The van der Waals surface area contributed by atoms with E-state index in [0.717, 1.165) is 120 Å². The Morgan fingerprint density at radius 1 is 0.324 bits per heavy atom. The molecule has 11 aliphatic rings. The molecule has 4 bridgehead atoms. The highest BCUT2D eigenvalue weighted by Gasteiger charge is 2.55. The second kappa shape index (κ2) is 54.5. The Bertz CT molecular complexity index is 4120. The van der Waals surface area contributed by atoms with Gasteiger partial charge >= 0.3 is 42.7 Å². The van der Waals surface area contributed by atoms with Crippen LogP contribution >= 0.6 is 0 Å². The van der Waals surface area contributed by atoms with E-state index < -0.39 is 41.2 Å². The Morgan fingerprint density at radius 2 is 0.618 bits per heavy atom. The highest BCUT2D eigenvalue weighted by molar-refractivity contribution is 5.89. The maximum absolute atomic E-state index is 13.5. The zero-order valence-corrected chi connectivity index (χ0v) is 85.2. The average molecular weight is 1880 g/mol. The van der Waals surface area contributed by atoms with Crippen molar-refractivity contribution in [2.45, 2.75) is 454 Å². The molecule has 0 radical (unpaired) electrons. The minimum atomic E-state index is -0.763. The Balaban J connectivity index is 0.000000164. The van der Waals surface area contributed by atoms with Gasteiger partial charge in [-0.2, -0.15) is 0 Å². The van der Waals surface area contributed by atoms with Gasteiger partial charge in [0.25, 0.3) is 0 Å². The fourth-order valence-electron chi connectivity index (χ4n) is 23.9. The highest BCUT2D eigenvalue weighted by Crippen LogP contribution is 2.58.